The Bertz CT molecular complexity index is 759. The summed E-state index contributed by atoms with van der Waals surface area (Å²) in [5, 5.41) is 6.33. The van der Waals surface area contributed by atoms with Gasteiger partial charge in [-0.1, -0.05) is 36.4 Å². The fraction of sp³-hybridized carbons (Fsp3) is 0.176. The second-order valence-corrected chi connectivity index (χ2v) is 5.31. The van der Waals surface area contributed by atoms with E-state index in [1.165, 1.54) is 0 Å². The van der Waals surface area contributed by atoms with Crippen LogP contribution in [-0.2, 0) is 0 Å². The van der Waals surface area contributed by atoms with E-state index in [1.807, 2.05) is 62.4 Å². The molecule has 0 fully saturated rings. The van der Waals surface area contributed by atoms with Gasteiger partial charge >= 0.3 is 0 Å². The molecule has 0 radical (unpaired) electrons. The molecule has 1 aromatic carbocycles. The van der Waals surface area contributed by atoms with Crippen molar-refractivity contribution in [2.24, 2.45) is 0 Å². The molecule has 2 heterocycles. The highest BCUT2D eigenvalue weighted by molar-refractivity contribution is 5.59. The fourth-order valence-electron chi connectivity index (χ4n) is 2.02. The van der Waals surface area contributed by atoms with E-state index < -0.39 is 0 Å². The molecule has 116 valence electrons. The molecule has 2 N–H and O–H groups in total. The molecule has 0 spiro atoms. The maximum absolute atomic E-state index is 4.49. The van der Waals surface area contributed by atoms with Gasteiger partial charge in [-0.05, 0) is 26.0 Å². The van der Waals surface area contributed by atoms with Crippen LogP contribution in [0.4, 0.5) is 17.7 Å². The predicted octanol–water partition coefficient (Wildman–Crippen LogP) is 3.50. The van der Waals surface area contributed by atoms with Gasteiger partial charge in [0.05, 0.1) is 0 Å². The summed E-state index contributed by atoms with van der Waals surface area (Å²) < 4.78 is 0. The maximum Gasteiger partial charge on any atom is 0.233 e. The number of benzene rings is 1. The van der Waals surface area contributed by atoms with E-state index in [0.717, 1.165) is 5.56 Å². The van der Waals surface area contributed by atoms with Gasteiger partial charge in [-0.15, -0.1) is 0 Å². The summed E-state index contributed by atoms with van der Waals surface area (Å²) in [6, 6.07) is 15.7. The fourth-order valence-corrected chi connectivity index (χ4v) is 2.02. The number of rotatable bonds is 5. The second-order valence-electron chi connectivity index (χ2n) is 5.31. The Balaban J connectivity index is 1.98. The normalized spacial score (nSPS) is 10.6. The summed E-state index contributed by atoms with van der Waals surface area (Å²) in [5.41, 5.74) is 0.936. The number of nitrogens with zero attached hydrogens (tertiary/aromatic N) is 4. The van der Waals surface area contributed by atoms with Crippen LogP contribution in [-0.4, -0.2) is 26.0 Å². The smallest absolute Gasteiger partial charge is 0.233 e. The van der Waals surface area contributed by atoms with E-state index in [1.54, 1.807) is 6.20 Å². The van der Waals surface area contributed by atoms with Crippen molar-refractivity contribution in [3.8, 4) is 11.4 Å². The van der Waals surface area contributed by atoms with Crippen LogP contribution in [0.2, 0.25) is 0 Å². The standard InChI is InChI=1S/C17H18N6/c1-12(2)19-16-21-15(13-8-4-3-5-9-13)22-17(23-16)20-14-10-6-7-11-18-14/h3-12H,1-2H3,(H2,18,19,20,21,22,23). The SMILES string of the molecule is CC(C)Nc1nc(Nc2ccccn2)nc(-c2ccccc2)n1. The lowest BCUT2D eigenvalue weighted by atomic mass is 10.2. The molecule has 3 aromatic rings. The Labute approximate surface area is 135 Å². The molecular weight excluding hydrogens is 288 g/mol. The molecule has 23 heavy (non-hydrogen) atoms. The summed E-state index contributed by atoms with van der Waals surface area (Å²) in [5.74, 6) is 2.29. The molecule has 2 aromatic heterocycles. The van der Waals surface area contributed by atoms with Crippen LogP contribution >= 0.6 is 0 Å². The quantitative estimate of drug-likeness (QED) is 0.751. The van der Waals surface area contributed by atoms with Crippen molar-refractivity contribution in [2.45, 2.75) is 19.9 Å². The molecule has 0 bridgehead atoms. The average molecular weight is 306 g/mol. The second kappa shape index (κ2) is 6.83. The molecule has 6 heteroatoms. The van der Waals surface area contributed by atoms with E-state index in [0.29, 0.717) is 23.5 Å². The molecule has 0 aliphatic heterocycles. The molecule has 0 atom stereocenters. The minimum atomic E-state index is 0.226. The molecule has 0 amide bonds. The summed E-state index contributed by atoms with van der Waals surface area (Å²) in [6.45, 7) is 4.08. The largest absolute Gasteiger partial charge is 0.352 e. The van der Waals surface area contributed by atoms with Crippen molar-refractivity contribution < 1.29 is 0 Å². The van der Waals surface area contributed by atoms with Gasteiger partial charge in [0.25, 0.3) is 0 Å². The first-order chi connectivity index (χ1) is 11.2. The van der Waals surface area contributed by atoms with Crippen LogP contribution in [0, 0.1) is 0 Å². The van der Waals surface area contributed by atoms with Crippen molar-refractivity contribution in [1.82, 2.24) is 19.9 Å². The van der Waals surface area contributed by atoms with E-state index >= 15 is 0 Å². The van der Waals surface area contributed by atoms with Gasteiger partial charge in [0.2, 0.25) is 11.9 Å². The first kappa shape index (κ1) is 14.9. The lowest BCUT2D eigenvalue weighted by Gasteiger charge is -2.11. The third-order valence-corrected chi connectivity index (χ3v) is 2.99. The van der Waals surface area contributed by atoms with E-state index in [2.05, 4.69) is 30.6 Å². The summed E-state index contributed by atoms with van der Waals surface area (Å²) in [4.78, 5) is 17.6. The first-order valence-corrected chi connectivity index (χ1v) is 7.47. The lowest BCUT2D eigenvalue weighted by molar-refractivity contribution is 0.869. The van der Waals surface area contributed by atoms with Gasteiger partial charge in [0.1, 0.15) is 5.82 Å². The Hall–Kier alpha value is -3.02. The van der Waals surface area contributed by atoms with Gasteiger partial charge in [0, 0.05) is 17.8 Å². The zero-order valence-corrected chi connectivity index (χ0v) is 13.1. The van der Waals surface area contributed by atoms with Crippen molar-refractivity contribution in [2.75, 3.05) is 10.6 Å². The molecule has 0 unspecified atom stereocenters. The van der Waals surface area contributed by atoms with Gasteiger partial charge < -0.3 is 10.6 Å². The van der Waals surface area contributed by atoms with Crippen LogP contribution in [0.1, 0.15) is 13.8 Å². The highest BCUT2D eigenvalue weighted by atomic mass is 15.2. The third kappa shape index (κ3) is 4.00. The molecule has 0 aliphatic carbocycles. The van der Waals surface area contributed by atoms with Crippen LogP contribution in [0.15, 0.2) is 54.7 Å². The molecule has 0 aliphatic rings. The molecule has 3 rings (SSSR count). The summed E-state index contributed by atoms with van der Waals surface area (Å²) in [7, 11) is 0. The molecular formula is C17H18N6. The van der Waals surface area contributed by atoms with Crippen molar-refractivity contribution >= 4 is 17.7 Å². The topological polar surface area (TPSA) is 75.6 Å². The predicted molar refractivity (Wildman–Crippen MR) is 91.5 cm³/mol. The monoisotopic (exact) mass is 306 g/mol. The van der Waals surface area contributed by atoms with Gasteiger partial charge in [-0.25, -0.2) is 4.98 Å². The number of hydrogen-bond donors (Lipinski definition) is 2. The van der Waals surface area contributed by atoms with Crippen LogP contribution in [0.3, 0.4) is 0 Å². The number of pyridine rings is 1. The summed E-state index contributed by atoms with van der Waals surface area (Å²) in [6.07, 6.45) is 1.72. The number of hydrogen-bond acceptors (Lipinski definition) is 6. The van der Waals surface area contributed by atoms with E-state index in [4.69, 9.17) is 0 Å². The Morgan fingerprint density at radius 3 is 2.26 bits per heavy atom. The zero-order chi connectivity index (χ0) is 16.1. The third-order valence-electron chi connectivity index (χ3n) is 2.99. The zero-order valence-electron chi connectivity index (χ0n) is 13.1. The molecule has 0 saturated heterocycles. The number of anilines is 3. The highest BCUT2D eigenvalue weighted by Gasteiger charge is 2.09. The first-order valence-electron chi connectivity index (χ1n) is 7.47. The Morgan fingerprint density at radius 2 is 1.57 bits per heavy atom. The van der Waals surface area contributed by atoms with Crippen molar-refractivity contribution in [3.05, 3.63) is 54.7 Å². The van der Waals surface area contributed by atoms with Crippen LogP contribution in [0.5, 0.6) is 0 Å². The molecule has 0 saturated carbocycles. The van der Waals surface area contributed by atoms with Gasteiger partial charge in [0.15, 0.2) is 5.82 Å². The number of nitrogens with one attached hydrogen (secondary N) is 2. The van der Waals surface area contributed by atoms with Gasteiger partial charge in [-0.3, -0.25) is 0 Å². The number of aromatic nitrogens is 4. The van der Waals surface area contributed by atoms with E-state index in [-0.39, 0.29) is 6.04 Å². The van der Waals surface area contributed by atoms with Crippen LogP contribution < -0.4 is 10.6 Å². The minimum absolute atomic E-state index is 0.226. The summed E-state index contributed by atoms with van der Waals surface area (Å²) >= 11 is 0. The van der Waals surface area contributed by atoms with Crippen molar-refractivity contribution in [3.63, 3.8) is 0 Å². The average Bonchev–Trinajstić information content (AvgIpc) is 2.56. The Kier molecular flexibility index (Phi) is 4.42. The van der Waals surface area contributed by atoms with Gasteiger partial charge in [-0.2, -0.15) is 15.0 Å². The van der Waals surface area contributed by atoms with E-state index in [9.17, 15) is 0 Å². The maximum atomic E-state index is 4.49. The Morgan fingerprint density at radius 1 is 0.826 bits per heavy atom. The molecule has 6 nitrogen and oxygen atoms in total. The minimum Gasteiger partial charge on any atom is -0.352 e. The lowest BCUT2D eigenvalue weighted by Crippen LogP contribution is -2.14. The van der Waals surface area contributed by atoms with Crippen molar-refractivity contribution in [1.29, 1.82) is 0 Å². The highest BCUT2D eigenvalue weighted by Crippen LogP contribution is 2.19. The van der Waals surface area contributed by atoms with Crippen LogP contribution in [0.25, 0.3) is 11.4 Å².